The highest BCUT2D eigenvalue weighted by atomic mass is 16.5. The molecule has 0 radical (unpaired) electrons. The smallest absolute Gasteiger partial charge is 0.374 e. The summed E-state index contributed by atoms with van der Waals surface area (Å²) in [6.07, 6.45) is 2.88. The normalized spacial score (nSPS) is 23.5. The van der Waals surface area contributed by atoms with E-state index in [0.717, 1.165) is 37.1 Å². The Morgan fingerprint density at radius 2 is 2.29 bits per heavy atom. The van der Waals surface area contributed by atoms with Crippen molar-refractivity contribution in [3.05, 3.63) is 23.2 Å². The van der Waals surface area contributed by atoms with Gasteiger partial charge in [0.25, 0.3) is 0 Å². The second-order valence-corrected chi connectivity index (χ2v) is 6.03. The molecule has 0 unspecified atom stereocenters. The summed E-state index contributed by atoms with van der Waals surface area (Å²) in [6, 6.07) is 1.94. The Balaban J connectivity index is 2.05. The van der Waals surface area contributed by atoms with E-state index in [9.17, 15) is 9.90 Å². The molecule has 5 nitrogen and oxygen atoms in total. The maximum Gasteiger partial charge on any atom is 0.374 e. The van der Waals surface area contributed by atoms with E-state index >= 15 is 0 Å². The third kappa shape index (κ3) is 3.47. The van der Waals surface area contributed by atoms with Crippen molar-refractivity contribution in [1.82, 2.24) is 4.90 Å². The zero-order valence-corrected chi connectivity index (χ0v) is 13.3. The molecule has 5 heteroatoms. The fourth-order valence-electron chi connectivity index (χ4n) is 2.98. The van der Waals surface area contributed by atoms with Gasteiger partial charge in [-0.05, 0) is 45.7 Å². The predicted molar refractivity (Wildman–Crippen MR) is 79.2 cm³/mol. The Hall–Kier alpha value is -1.33. The van der Waals surface area contributed by atoms with Gasteiger partial charge in [-0.1, -0.05) is 6.42 Å². The molecule has 1 aliphatic rings. The molecule has 3 atom stereocenters. The second-order valence-electron chi connectivity index (χ2n) is 6.03. The van der Waals surface area contributed by atoms with Gasteiger partial charge in [-0.15, -0.1) is 0 Å². The number of hydrogen-bond acceptors (Lipinski definition) is 5. The molecule has 1 saturated carbocycles. The molecule has 1 N–H and O–H groups in total. The summed E-state index contributed by atoms with van der Waals surface area (Å²) in [4.78, 5) is 13.8. The first-order valence-corrected chi connectivity index (χ1v) is 7.51. The van der Waals surface area contributed by atoms with Gasteiger partial charge in [-0.2, -0.15) is 0 Å². The molecule has 1 fully saturated rings. The molecule has 1 aliphatic carbocycles. The number of furan rings is 1. The number of aliphatic hydroxyl groups is 1. The number of esters is 1. The second kappa shape index (κ2) is 6.62. The average molecular weight is 295 g/mol. The van der Waals surface area contributed by atoms with Gasteiger partial charge in [-0.25, -0.2) is 4.79 Å². The molecule has 0 spiro atoms. The van der Waals surface area contributed by atoms with E-state index in [1.807, 2.05) is 27.0 Å². The summed E-state index contributed by atoms with van der Waals surface area (Å²) in [7, 11) is 3.37. The molecule has 0 saturated heterocycles. The zero-order chi connectivity index (χ0) is 15.6. The van der Waals surface area contributed by atoms with Crippen LogP contribution < -0.4 is 0 Å². The molecular formula is C16H25NO4. The molecule has 118 valence electrons. The molecule has 0 amide bonds. The molecule has 0 bridgehead atoms. The van der Waals surface area contributed by atoms with Gasteiger partial charge in [0.1, 0.15) is 5.76 Å². The van der Waals surface area contributed by atoms with Crippen LogP contribution in [0.4, 0.5) is 0 Å². The zero-order valence-electron chi connectivity index (χ0n) is 13.3. The number of aliphatic hydroxyl groups excluding tert-OH is 1. The molecule has 0 aliphatic heterocycles. The summed E-state index contributed by atoms with van der Waals surface area (Å²) >= 11 is 0. The van der Waals surface area contributed by atoms with E-state index in [2.05, 4.69) is 4.90 Å². The third-order valence-electron chi connectivity index (χ3n) is 4.52. The first-order chi connectivity index (χ1) is 9.93. The first kappa shape index (κ1) is 16.0. The van der Waals surface area contributed by atoms with Gasteiger partial charge in [-0.3, -0.25) is 4.90 Å². The lowest BCUT2D eigenvalue weighted by Crippen LogP contribution is -2.31. The number of methoxy groups -OCH3 is 1. The Kier molecular flexibility index (Phi) is 5.06. The minimum Gasteiger partial charge on any atom is -0.463 e. The van der Waals surface area contributed by atoms with Crippen molar-refractivity contribution in [1.29, 1.82) is 0 Å². The van der Waals surface area contributed by atoms with Crippen LogP contribution in [0.2, 0.25) is 0 Å². The van der Waals surface area contributed by atoms with Crippen LogP contribution in [0.25, 0.3) is 0 Å². The minimum atomic E-state index is -0.445. The molecule has 0 aromatic carbocycles. The van der Waals surface area contributed by atoms with Crippen molar-refractivity contribution < 1.29 is 19.1 Å². The van der Waals surface area contributed by atoms with Crippen LogP contribution in [0.15, 0.2) is 10.5 Å². The summed E-state index contributed by atoms with van der Waals surface area (Å²) in [5.74, 6) is 0.907. The monoisotopic (exact) mass is 295 g/mol. The van der Waals surface area contributed by atoms with Crippen LogP contribution in [0.5, 0.6) is 0 Å². The van der Waals surface area contributed by atoms with Crippen molar-refractivity contribution in [3.8, 4) is 0 Å². The lowest BCUT2D eigenvalue weighted by Gasteiger charge is -2.27. The van der Waals surface area contributed by atoms with Crippen LogP contribution in [0.1, 0.15) is 54.1 Å². The maximum atomic E-state index is 11.6. The van der Waals surface area contributed by atoms with Crippen molar-refractivity contribution >= 4 is 5.97 Å². The fourth-order valence-corrected chi connectivity index (χ4v) is 2.98. The fraction of sp³-hybridized carbons (Fsp3) is 0.688. The highest BCUT2D eigenvalue weighted by Gasteiger charge is 2.29. The van der Waals surface area contributed by atoms with Crippen LogP contribution in [0.3, 0.4) is 0 Å². The first-order valence-electron chi connectivity index (χ1n) is 7.51. The van der Waals surface area contributed by atoms with Crippen LogP contribution in [-0.2, 0) is 4.74 Å². The maximum absolute atomic E-state index is 11.6. The van der Waals surface area contributed by atoms with Crippen LogP contribution in [-0.4, -0.2) is 42.8 Å². The van der Waals surface area contributed by atoms with Crippen molar-refractivity contribution in [3.63, 3.8) is 0 Å². The highest BCUT2D eigenvalue weighted by molar-refractivity contribution is 5.87. The minimum absolute atomic E-state index is 0.0508. The number of rotatable bonds is 5. The number of carbonyl (C=O) groups excluding carboxylic acids is 1. The van der Waals surface area contributed by atoms with Crippen molar-refractivity contribution in [2.45, 2.75) is 45.3 Å². The Morgan fingerprint density at radius 3 is 2.86 bits per heavy atom. The van der Waals surface area contributed by atoms with Crippen molar-refractivity contribution in [2.24, 2.45) is 5.92 Å². The number of aryl methyl sites for hydroxylation is 1. The Labute approximate surface area is 125 Å². The van der Waals surface area contributed by atoms with Gasteiger partial charge in [0, 0.05) is 12.1 Å². The van der Waals surface area contributed by atoms with Crippen LogP contribution >= 0.6 is 0 Å². The van der Waals surface area contributed by atoms with E-state index in [-0.39, 0.29) is 17.9 Å². The molecule has 1 aromatic heterocycles. The number of ether oxygens (including phenoxy) is 1. The lowest BCUT2D eigenvalue weighted by atomic mass is 10.0. The number of carbonyl (C=O) groups is 1. The molecule has 21 heavy (non-hydrogen) atoms. The standard InChI is InChI=1S/C16H25NO4/c1-10-8-14(21-15(10)16(19)20-4)11(2)17(3)9-12-6-5-7-13(12)18/h8,11-13,18H,5-7,9H2,1-4H3/t11-,12+,13-/m0/s1. The van der Waals surface area contributed by atoms with E-state index in [1.165, 1.54) is 7.11 Å². The van der Waals surface area contributed by atoms with Gasteiger partial charge in [0.15, 0.2) is 0 Å². The quantitative estimate of drug-likeness (QED) is 0.846. The van der Waals surface area contributed by atoms with Gasteiger partial charge < -0.3 is 14.3 Å². The highest BCUT2D eigenvalue weighted by Crippen LogP contribution is 2.30. The number of nitrogens with zero attached hydrogens (tertiary/aromatic N) is 1. The van der Waals surface area contributed by atoms with E-state index in [0.29, 0.717) is 5.92 Å². The largest absolute Gasteiger partial charge is 0.463 e. The van der Waals surface area contributed by atoms with E-state index in [1.54, 1.807) is 0 Å². The van der Waals surface area contributed by atoms with E-state index < -0.39 is 5.97 Å². The SMILES string of the molecule is COC(=O)c1oc([C@H](C)N(C)C[C@H]2CCC[C@@H]2O)cc1C. The topological polar surface area (TPSA) is 62.9 Å². The molecule has 1 heterocycles. The third-order valence-corrected chi connectivity index (χ3v) is 4.52. The lowest BCUT2D eigenvalue weighted by molar-refractivity contribution is 0.0556. The predicted octanol–water partition coefficient (Wildman–Crippen LogP) is 2.53. The number of hydrogen-bond donors (Lipinski definition) is 1. The summed E-state index contributed by atoms with van der Waals surface area (Å²) in [5.41, 5.74) is 0.790. The molecular weight excluding hydrogens is 270 g/mol. The van der Waals surface area contributed by atoms with E-state index in [4.69, 9.17) is 9.15 Å². The summed E-state index contributed by atoms with van der Waals surface area (Å²) < 4.78 is 10.4. The average Bonchev–Trinajstić information content (AvgIpc) is 3.04. The summed E-state index contributed by atoms with van der Waals surface area (Å²) in [6.45, 7) is 4.71. The molecule has 2 rings (SSSR count). The van der Waals surface area contributed by atoms with Crippen molar-refractivity contribution in [2.75, 3.05) is 20.7 Å². The Morgan fingerprint density at radius 1 is 1.57 bits per heavy atom. The van der Waals surface area contributed by atoms with Gasteiger partial charge >= 0.3 is 5.97 Å². The van der Waals surface area contributed by atoms with Crippen LogP contribution in [0, 0.1) is 12.8 Å². The summed E-state index contributed by atoms with van der Waals surface area (Å²) in [5, 5.41) is 9.93. The van der Waals surface area contributed by atoms with Gasteiger partial charge in [0.2, 0.25) is 5.76 Å². The van der Waals surface area contributed by atoms with Gasteiger partial charge in [0.05, 0.1) is 19.3 Å². The molecule has 1 aromatic rings. The Bertz CT molecular complexity index is 496.